The zero-order valence-corrected chi connectivity index (χ0v) is 11.7. The third kappa shape index (κ3) is 2.12. The van der Waals surface area contributed by atoms with Gasteiger partial charge in [-0.1, -0.05) is 15.9 Å². The van der Waals surface area contributed by atoms with Gasteiger partial charge in [-0.25, -0.2) is 0 Å². The monoisotopic (exact) mass is 309 g/mol. The Hall–Kier alpha value is -1.07. The van der Waals surface area contributed by atoms with Gasteiger partial charge in [0.15, 0.2) is 0 Å². The van der Waals surface area contributed by atoms with Crippen LogP contribution in [-0.4, -0.2) is 31.6 Å². The molecule has 18 heavy (non-hydrogen) atoms. The molecule has 0 radical (unpaired) electrons. The lowest BCUT2D eigenvalue weighted by molar-refractivity contribution is -0.117. The highest BCUT2D eigenvalue weighted by atomic mass is 79.9. The number of carbonyl (C=O) groups is 1. The highest BCUT2D eigenvalue weighted by Crippen LogP contribution is 2.34. The van der Waals surface area contributed by atoms with Crippen molar-refractivity contribution in [3.05, 3.63) is 22.7 Å². The van der Waals surface area contributed by atoms with Gasteiger partial charge in [0.2, 0.25) is 5.91 Å². The molecule has 1 saturated heterocycles. The standard InChI is InChI=1S/C13H16BrN3O/c14-9-1-2-12-11(7-9)16-8-13(18)17(12)10-3-5-15-6-4-10/h1-2,7,10,15-16H,3-6,8H2. The minimum absolute atomic E-state index is 0.178. The predicted octanol–water partition coefficient (Wildman–Crippen LogP) is 1.96. The molecule has 0 bridgehead atoms. The molecule has 0 atom stereocenters. The molecule has 2 aliphatic heterocycles. The van der Waals surface area contributed by atoms with Crippen LogP contribution >= 0.6 is 15.9 Å². The summed E-state index contributed by atoms with van der Waals surface area (Å²) in [6.45, 7) is 2.38. The van der Waals surface area contributed by atoms with Gasteiger partial charge in [-0.3, -0.25) is 4.79 Å². The van der Waals surface area contributed by atoms with E-state index in [1.165, 1.54) is 0 Å². The van der Waals surface area contributed by atoms with Gasteiger partial charge in [0.1, 0.15) is 0 Å². The largest absolute Gasteiger partial charge is 0.374 e. The number of amides is 1. The highest BCUT2D eigenvalue weighted by Gasteiger charge is 2.31. The maximum absolute atomic E-state index is 12.2. The molecule has 4 nitrogen and oxygen atoms in total. The Morgan fingerprint density at radius 3 is 2.83 bits per heavy atom. The van der Waals surface area contributed by atoms with Crippen LogP contribution in [0.2, 0.25) is 0 Å². The summed E-state index contributed by atoms with van der Waals surface area (Å²) in [5.74, 6) is 0.178. The van der Waals surface area contributed by atoms with Crippen LogP contribution in [0.1, 0.15) is 12.8 Å². The van der Waals surface area contributed by atoms with E-state index in [4.69, 9.17) is 0 Å². The van der Waals surface area contributed by atoms with Gasteiger partial charge in [-0.2, -0.15) is 0 Å². The average molecular weight is 310 g/mol. The van der Waals surface area contributed by atoms with Crippen LogP contribution < -0.4 is 15.5 Å². The Morgan fingerprint density at radius 1 is 1.28 bits per heavy atom. The van der Waals surface area contributed by atoms with Gasteiger partial charge in [-0.15, -0.1) is 0 Å². The molecule has 1 amide bonds. The third-order valence-electron chi connectivity index (χ3n) is 3.59. The number of halogens is 1. The Morgan fingerprint density at radius 2 is 2.06 bits per heavy atom. The normalized spacial score (nSPS) is 20.5. The number of piperidine rings is 1. The van der Waals surface area contributed by atoms with Gasteiger partial charge in [-0.05, 0) is 44.1 Å². The molecule has 0 spiro atoms. The molecule has 1 aromatic rings. The third-order valence-corrected chi connectivity index (χ3v) is 4.08. The SMILES string of the molecule is O=C1CNc2cc(Br)ccc2N1C1CCNCC1. The van der Waals surface area contributed by atoms with Crippen LogP contribution in [0.15, 0.2) is 22.7 Å². The number of hydrogen-bond donors (Lipinski definition) is 2. The summed E-state index contributed by atoms with van der Waals surface area (Å²) in [6, 6.07) is 6.38. The van der Waals surface area contributed by atoms with Gasteiger partial charge in [0.25, 0.3) is 0 Å². The van der Waals surface area contributed by atoms with E-state index in [9.17, 15) is 4.79 Å². The second kappa shape index (κ2) is 4.90. The molecule has 2 N–H and O–H groups in total. The second-order valence-electron chi connectivity index (χ2n) is 4.76. The lowest BCUT2D eigenvalue weighted by Gasteiger charge is -2.38. The van der Waals surface area contributed by atoms with Crippen LogP contribution in [0, 0.1) is 0 Å². The van der Waals surface area contributed by atoms with E-state index in [0.717, 1.165) is 41.8 Å². The number of carbonyl (C=O) groups excluding carboxylic acids is 1. The smallest absolute Gasteiger partial charge is 0.246 e. The predicted molar refractivity (Wildman–Crippen MR) is 76.0 cm³/mol. The summed E-state index contributed by atoms with van der Waals surface area (Å²) in [5, 5.41) is 6.53. The molecule has 0 aromatic heterocycles. The first-order chi connectivity index (χ1) is 8.75. The first-order valence-corrected chi connectivity index (χ1v) is 7.11. The Balaban J connectivity index is 1.95. The average Bonchev–Trinajstić information content (AvgIpc) is 2.40. The fourth-order valence-corrected chi connectivity index (χ4v) is 3.08. The maximum Gasteiger partial charge on any atom is 0.246 e. The van der Waals surface area contributed by atoms with Crippen molar-refractivity contribution in [2.45, 2.75) is 18.9 Å². The topological polar surface area (TPSA) is 44.4 Å². The number of rotatable bonds is 1. The van der Waals surface area contributed by atoms with Crippen molar-refractivity contribution in [1.82, 2.24) is 5.32 Å². The zero-order valence-electron chi connectivity index (χ0n) is 10.1. The minimum Gasteiger partial charge on any atom is -0.374 e. The van der Waals surface area contributed by atoms with Gasteiger partial charge in [0, 0.05) is 10.5 Å². The highest BCUT2D eigenvalue weighted by molar-refractivity contribution is 9.10. The van der Waals surface area contributed by atoms with Crippen molar-refractivity contribution in [1.29, 1.82) is 0 Å². The number of nitrogens with zero attached hydrogens (tertiary/aromatic N) is 1. The van der Waals surface area contributed by atoms with Crippen molar-refractivity contribution in [3.8, 4) is 0 Å². The van der Waals surface area contributed by atoms with Crippen molar-refractivity contribution >= 4 is 33.2 Å². The summed E-state index contributed by atoms with van der Waals surface area (Å²) in [5.41, 5.74) is 2.06. The zero-order chi connectivity index (χ0) is 12.5. The molecule has 5 heteroatoms. The first kappa shape index (κ1) is 12.0. The van der Waals surface area contributed by atoms with Gasteiger partial charge >= 0.3 is 0 Å². The van der Waals surface area contributed by atoms with Crippen LogP contribution in [-0.2, 0) is 4.79 Å². The van der Waals surface area contributed by atoms with Crippen LogP contribution in [0.4, 0.5) is 11.4 Å². The fourth-order valence-electron chi connectivity index (χ4n) is 2.72. The van der Waals surface area contributed by atoms with Crippen molar-refractivity contribution in [2.24, 2.45) is 0 Å². The molecule has 0 saturated carbocycles. The summed E-state index contributed by atoms with van der Waals surface area (Å²) in [4.78, 5) is 14.2. The molecule has 1 fully saturated rings. The Kier molecular flexibility index (Phi) is 3.26. The van der Waals surface area contributed by atoms with E-state index in [2.05, 4.69) is 26.6 Å². The lowest BCUT2D eigenvalue weighted by Crippen LogP contribution is -2.50. The number of anilines is 2. The van der Waals surface area contributed by atoms with Crippen LogP contribution in [0.5, 0.6) is 0 Å². The van der Waals surface area contributed by atoms with E-state index >= 15 is 0 Å². The molecular formula is C13H16BrN3O. The molecule has 1 aromatic carbocycles. The molecule has 2 heterocycles. The van der Waals surface area contributed by atoms with Crippen molar-refractivity contribution in [2.75, 3.05) is 29.9 Å². The van der Waals surface area contributed by atoms with E-state index in [-0.39, 0.29) is 5.91 Å². The summed E-state index contributed by atoms with van der Waals surface area (Å²) >= 11 is 3.47. The van der Waals surface area contributed by atoms with E-state index in [0.29, 0.717) is 12.6 Å². The number of hydrogen-bond acceptors (Lipinski definition) is 3. The lowest BCUT2D eigenvalue weighted by atomic mass is 10.0. The number of nitrogens with one attached hydrogen (secondary N) is 2. The summed E-state index contributed by atoms with van der Waals surface area (Å²) in [7, 11) is 0. The second-order valence-corrected chi connectivity index (χ2v) is 5.68. The first-order valence-electron chi connectivity index (χ1n) is 6.32. The molecule has 0 unspecified atom stereocenters. The van der Waals surface area contributed by atoms with E-state index in [1.54, 1.807) is 0 Å². The molecule has 3 rings (SSSR count). The number of fused-ring (bicyclic) bond motifs is 1. The molecule has 0 aliphatic carbocycles. The van der Waals surface area contributed by atoms with Gasteiger partial charge < -0.3 is 15.5 Å². The Bertz CT molecular complexity index is 471. The number of benzene rings is 1. The summed E-state index contributed by atoms with van der Waals surface area (Å²) < 4.78 is 1.04. The van der Waals surface area contributed by atoms with Crippen molar-refractivity contribution < 1.29 is 4.79 Å². The molecular weight excluding hydrogens is 294 g/mol. The Labute approximate surface area is 115 Å². The fraction of sp³-hybridized carbons (Fsp3) is 0.462. The summed E-state index contributed by atoms with van der Waals surface area (Å²) in [6.07, 6.45) is 2.06. The van der Waals surface area contributed by atoms with Crippen molar-refractivity contribution in [3.63, 3.8) is 0 Å². The molecule has 2 aliphatic rings. The van der Waals surface area contributed by atoms with Crippen LogP contribution in [0.25, 0.3) is 0 Å². The van der Waals surface area contributed by atoms with E-state index in [1.807, 2.05) is 23.1 Å². The quantitative estimate of drug-likeness (QED) is 0.833. The van der Waals surface area contributed by atoms with E-state index < -0.39 is 0 Å². The van der Waals surface area contributed by atoms with Crippen LogP contribution in [0.3, 0.4) is 0 Å². The minimum atomic E-state index is 0.178. The molecule has 96 valence electrons. The maximum atomic E-state index is 12.2. The van der Waals surface area contributed by atoms with Gasteiger partial charge in [0.05, 0.1) is 17.9 Å².